The summed E-state index contributed by atoms with van der Waals surface area (Å²) >= 11 is 0. The van der Waals surface area contributed by atoms with E-state index in [1.807, 2.05) is 26.0 Å². The van der Waals surface area contributed by atoms with Gasteiger partial charge in [0.1, 0.15) is 5.75 Å². The second-order valence-corrected chi connectivity index (χ2v) is 3.75. The van der Waals surface area contributed by atoms with E-state index in [0.717, 1.165) is 28.4 Å². The summed E-state index contributed by atoms with van der Waals surface area (Å²) in [5.74, 6) is 0.626. The van der Waals surface area contributed by atoms with Gasteiger partial charge in [0.05, 0.1) is 12.7 Å². The maximum Gasteiger partial charge on any atom is 0.153 e. The van der Waals surface area contributed by atoms with Gasteiger partial charge in [-0.05, 0) is 26.0 Å². The number of carbonyl (C=O) groups excluding carboxylic acids is 1. The van der Waals surface area contributed by atoms with Crippen molar-refractivity contribution in [2.75, 3.05) is 7.11 Å². The zero-order valence-corrected chi connectivity index (χ0v) is 9.57. The number of aryl methyl sites for hydroxylation is 2. The lowest BCUT2D eigenvalue weighted by Gasteiger charge is -2.10. The van der Waals surface area contributed by atoms with Crippen LogP contribution in [0.25, 0.3) is 10.8 Å². The summed E-state index contributed by atoms with van der Waals surface area (Å²) in [5, 5.41) is 1.96. The van der Waals surface area contributed by atoms with Crippen LogP contribution in [0, 0.1) is 13.8 Å². The first-order chi connectivity index (χ1) is 7.67. The van der Waals surface area contributed by atoms with E-state index in [4.69, 9.17) is 4.74 Å². The van der Waals surface area contributed by atoms with Crippen molar-refractivity contribution >= 4 is 17.1 Å². The molecular weight excluding hydrogens is 202 g/mol. The molecule has 82 valence electrons. The minimum atomic E-state index is 0.569. The van der Waals surface area contributed by atoms with E-state index in [1.165, 1.54) is 0 Å². The van der Waals surface area contributed by atoms with Crippen molar-refractivity contribution in [1.82, 2.24) is 4.98 Å². The highest BCUT2D eigenvalue weighted by molar-refractivity contribution is 5.97. The van der Waals surface area contributed by atoms with E-state index in [0.29, 0.717) is 11.3 Å². The highest BCUT2D eigenvalue weighted by Gasteiger charge is 2.10. The lowest BCUT2D eigenvalue weighted by atomic mass is 10.0. The molecule has 16 heavy (non-hydrogen) atoms. The number of aldehydes is 1. The van der Waals surface area contributed by atoms with E-state index in [2.05, 4.69) is 4.98 Å². The molecule has 0 unspecified atom stereocenters. The third-order valence-corrected chi connectivity index (χ3v) is 2.64. The van der Waals surface area contributed by atoms with Gasteiger partial charge in [0.15, 0.2) is 6.29 Å². The first-order valence-electron chi connectivity index (χ1n) is 5.07. The maximum absolute atomic E-state index is 10.9. The number of carbonyl (C=O) groups is 1. The third-order valence-electron chi connectivity index (χ3n) is 2.64. The Hall–Kier alpha value is -1.90. The number of aromatic nitrogens is 1. The fraction of sp³-hybridized carbons (Fsp3) is 0.231. The molecule has 0 saturated carbocycles. The van der Waals surface area contributed by atoms with E-state index in [9.17, 15) is 4.79 Å². The number of pyridine rings is 1. The van der Waals surface area contributed by atoms with Gasteiger partial charge in [-0.1, -0.05) is 6.07 Å². The molecule has 0 N–H and O–H groups in total. The zero-order chi connectivity index (χ0) is 11.7. The van der Waals surface area contributed by atoms with Crippen LogP contribution in [-0.4, -0.2) is 18.4 Å². The quantitative estimate of drug-likeness (QED) is 0.723. The van der Waals surface area contributed by atoms with Crippen LogP contribution in [0.4, 0.5) is 0 Å². The molecular formula is C13H13NO2. The van der Waals surface area contributed by atoms with Gasteiger partial charge in [0, 0.05) is 22.2 Å². The van der Waals surface area contributed by atoms with Gasteiger partial charge in [-0.2, -0.15) is 0 Å². The number of rotatable bonds is 2. The molecule has 3 heteroatoms. The van der Waals surface area contributed by atoms with Crippen molar-refractivity contribution in [3.8, 4) is 5.75 Å². The van der Waals surface area contributed by atoms with Crippen LogP contribution < -0.4 is 4.74 Å². The molecule has 0 amide bonds. The first-order valence-corrected chi connectivity index (χ1v) is 5.07. The van der Waals surface area contributed by atoms with Crippen LogP contribution >= 0.6 is 0 Å². The molecule has 0 saturated heterocycles. The molecule has 3 nitrogen and oxygen atoms in total. The molecule has 0 bridgehead atoms. The predicted molar refractivity (Wildman–Crippen MR) is 63.2 cm³/mol. The average molecular weight is 215 g/mol. The minimum Gasteiger partial charge on any atom is -0.495 e. The molecule has 2 rings (SSSR count). The fourth-order valence-corrected chi connectivity index (χ4v) is 1.96. The van der Waals surface area contributed by atoms with Crippen molar-refractivity contribution in [1.29, 1.82) is 0 Å². The summed E-state index contributed by atoms with van der Waals surface area (Å²) in [4.78, 5) is 15.3. The monoisotopic (exact) mass is 215 g/mol. The van der Waals surface area contributed by atoms with Gasteiger partial charge >= 0.3 is 0 Å². The normalized spacial score (nSPS) is 10.4. The van der Waals surface area contributed by atoms with Crippen molar-refractivity contribution < 1.29 is 9.53 Å². The summed E-state index contributed by atoms with van der Waals surface area (Å²) in [6.07, 6.45) is 0.809. The predicted octanol–water partition coefficient (Wildman–Crippen LogP) is 2.67. The number of fused-ring (bicyclic) bond motifs is 1. The highest BCUT2D eigenvalue weighted by atomic mass is 16.5. The Kier molecular flexibility index (Phi) is 2.60. The van der Waals surface area contributed by atoms with Gasteiger partial charge in [-0.3, -0.25) is 9.78 Å². The van der Waals surface area contributed by atoms with E-state index in [1.54, 1.807) is 13.2 Å². The lowest BCUT2D eigenvalue weighted by molar-refractivity contribution is 0.112. The van der Waals surface area contributed by atoms with Crippen LogP contribution in [0.3, 0.4) is 0 Å². The first kappa shape index (κ1) is 10.6. The topological polar surface area (TPSA) is 39.2 Å². The Bertz CT molecular complexity index is 561. The molecule has 0 radical (unpaired) electrons. The molecule has 1 heterocycles. The Morgan fingerprint density at radius 2 is 2.00 bits per heavy atom. The number of nitrogens with zero attached hydrogens (tertiary/aromatic N) is 1. The number of ether oxygens (including phenoxy) is 1. The van der Waals surface area contributed by atoms with E-state index >= 15 is 0 Å². The van der Waals surface area contributed by atoms with Gasteiger partial charge in [-0.15, -0.1) is 0 Å². The molecule has 0 fully saturated rings. The summed E-state index contributed by atoms with van der Waals surface area (Å²) in [7, 11) is 1.58. The molecule has 0 spiro atoms. The van der Waals surface area contributed by atoms with Gasteiger partial charge in [0.25, 0.3) is 0 Å². The van der Waals surface area contributed by atoms with Crippen molar-refractivity contribution in [3.05, 3.63) is 35.2 Å². The number of hydrogen-bond acceptors (Lipinski definition) is 3. The van der Waals surface area contributed by atoms with Crippen LogP contribution in [0.5, 0.6) is 5.75 Å². The van der Waals surface area contributed by atoms with Crippen LogP contribution in [-0.2, 0) is 0 Å². The Morgan fingerprint density at radius 3 is 2.62 bits per heavy atom. The SMILES string of the molecule is COc1c(C=O)ccc2c(C)nc(C)cc12. The Balaban J connectivity index is 2.91. The van der Waals surface area contributed by atoms with E-state index < -0.39 is 0 Å². The van der Waals surface area contributed by atoms with Crippen molar-refractivity contribution in [3.63, 3.8) is 0 Å². The summed E-state index contributed by atoms with van der Waals surface area (Å²) in [6.45, 7) is 3.88. The van der Waals surface area contributed by atoms with Gasteiger partial charge < -0.3 is 4.74 Å². The van der Waals surface area contributed by atoms with Crippen molar-refractivity contribution in [2.24, 2.45) is 0 Å². The Labute approximate surface area is 94.1 Å². The summed E-state index contributed by atoms with van der Waals surface area (Å²) in [5.41, 5.74) is 2.44. The maximum atomic E-state index is 10.9. The second kappa shape index (κ2) is 3.93. The second-order valence-electron chi connectivity index (χ2n) is 3.75. The van der Waals surface area contributed by atoms with Crippen LogP contribution in [0.2, 0.25) is 0 Å². The smallest absolute Gasteiger partial charge is 0.153 e. The van der Waals surface area contributed by atoms with Gasteiger partial charge in [0.2, 0.25) is 0 Å². The van der Waals surface area contributed by atoms with Crippen molar-refractivity contribution in [2.45, 2.75) is 13.8 Å². The molecule has 0 aliphatic carbocycles. The highest BCUT2D eigenvalue weighted by Crippen LogP contribution is 2.30. The molecule has 0 aliphatic rings. The lowest BCUT2D eigenvalue weighted by Crippen LogP contribution is -1.95. The number of hydrogen-bond donors (Lipinski definition) is 0. The number of methoxy groups -OCH3 is 1. The minimum absolute atomic E-state index is 0.569. The molecule has 2 aromatic rings. The summed E-state index contributed by atoms with van der Waals surface area (Å²) in [6, 6.07) is 5.61. The fourth-order valence-electron chi connectivity index (χ4n) is 1.96. The van der Waals surface area contributed by atoms with E-state index in [-0.39, 0.29) is 0 Å². The number of benzene rings is 1. The third kappa shape index (κ3) is 1.54. The van der Waals surface area contributed by atoms with Crippen LogP contribution in [0.1, 0.15) is 21.7 Å². The average Bonchev–Trinajstić information content (AvgIpc) is 2.27. The molecule has 1 aromatic heterocycles. The van der Waals surface area contributed by atoms with Gasteiger partial charge in [-0.25, -0.2) is 0 Å². The summed E-state index contributed by atoms with van der Waals surface area (Å²) < 4.78 is 5.30. The Morgan fingerprint density at radius 1 is 1.25 bits per heavy atom. The standard InChI is InChI=1S/C13H13NO2/c1-8-6-12-11(9(2)14-8)5-4-10(7-15)13(12)16-3/h4-7H,1-3H3. The zero-order valence-electron chi connectivity index (χ0n) is 9.57. The molecule has 0 aliphatic heterocycles. The molecule has 1 aromatic carbocycles. The molecule has 0 atom stereocenters. The van der Waals surface area contributed by atoms with Crippen LogP contribution in [0.15, 0.2) is 18.2 Å². The largest absolute Gasteiger partial charge is 0.495 e.